The molecule has 0 heterocycles. The summed E-state index contributed by atoms with van der Waals surface area (Å²) < 4.78 is 38.4. The summed E-state index contributed by atoms with van der Waals surface area (Å²) in [5.41, 5.74) is 6.49. The second-order valence-electron chi connectivity index (χ2n) is 4.87. The standard InChI is InChI=1S/C15H19FN2O2S/c16-8-3-9-21(19,20)18-15(11-17)14-7-6-12-4-1-2-5-13(12)10-14/h1-2,4-7,10,15,18H,3,8-9,11,17H2. The van der Waals surface area contributed by atoms with Crippen molar-refractivity contribution >= 4 is 20.8 Å². The SMILES string of the molecule is NCC(NS(=O)(=O)CCCF)c1ccc2ccccc2c1. The first-order chi connectivity index (χ1) is 10.1. The van der Waals surface area contributed by atoms with Gasteiger partial charge in [-0.3, -0.25) is 4.39 Å². The molecule has 0 aliphatic carbocycles. The molecule has 0 spiro atoms. The number of hydrogen-bond donors (Lipinski definition) is 2. The second-order valence-corrected chi connectivity index (χ2v) is 6.75. The van der Waals surface area contributed by atoms with Gasteiger partial charge in [-0.25, -0.2) is 13.1 Å². The maximum absolute atomic E-state index is 12.1. The van der Waals surface area contributed by atoms with Gasteiger partial charge < -0.3 is 5.73 Å². The number of nitrogens with one attached hydrogen (secondary N) is 1. The fraction of sp³-hybridized carbons (Fsp3) is 0.333. The van der Waals surface area contributed by atoms with Gasteiger partial charge in [-0.05, 0) is 28.8 Å². The molecule has 0 aromatic heterocycles. The Balaban J connectivity index is 2.23. The Kier molecular flexibility index (Phi) is 5.27. The molecule has 0 amide bonds. The van der Waals surface area contributed by atoms with Crippen LogP contribution in [0.1, 0.15) is 18.0 Å². The third-order valence-electron chi connectivity index (χ3n) is 3.28. The number of halogens is 1. The molecule has 3 N–H and O–H groups in total. The lowest BCUT2D eigenvalue weighted by Crippen LogP contribution is -2.35. The molecule has 0 radical (unpaired) electrons. The van der Waals surface area contributed by atoms with Gasteiger partial charge in [0, 0.05) is 6.54 Å². The van der Waals surface area contributed by atoms with E-state index >= 15 is 0 Å². The van der Waals surface area contributed by atoms with Gasteiger partial charge in [-0.2, -0.15) is 0 Å². The fourth-order valence-corrected chi connectivity index (χ4v) is 3.47. The Morgan fingerprint density at radius 3 is 2.52 bits per heavy atom. The van der Waals surface area contributed by atoms with E-state index < -0.39 is 22.7 Å². The molecule has 0 aliphatic heterocycles. The predicted octanol–water partition coefficient (Wildman–Crippen LogP) is 2.12. The first-order valence-electron chi connectivity index (χ1n) is 6.80. The van der Waals surface area contributed by atoms with Crippen molar-refractivity contribution in [3.63, 3.8) is 0 Å². The molecule has 0 aliphatic rings. The first kappa shape index (κ1) is 15.9. The summed E-state index contributed by atoms with van der Waals surface area (Å²) in [6, 6.07) is 13.0. The monoisotopic (exact) mass is 310 g/mol. The molecule has 1 unspecified atom stereocenters. The number of fused-ring (bicyclic) bond motifs is 1. The Hall–Kier alpha value is -1.50. The molecular weight excluding hydrogens is 291 g/mol. The number of hydrogen-bond acceptors (Lipinski definition) is 3. The van der Waals surface area contributed by atoms with Crippen LogP contribution >= 0.6 is 0 Å². The minimum Gasteiger partial charge on any atom is -0.329 e. The molecule has 2 rings (SSSR count). The molecule has 114 valence electrons. The van der Waals surface area contributed by atoms with Crippen LogP contribution in [0.5, 0.6) is 0 Å². The van der Waals surface area contributed by atoms with Gasteiger partial charge in [-0.15, -0.1) is 0 Å². The van der Waals surface area contributed by atoms with Gasteiger partial charge in [0.15, 0.2) is 0 Å². The summed E-state index contributed by atoms with van der Waals surface area (Å²) >= 11 is 0. The second kappa shape index (κ2) is 6.98. The number of benzene rings is 2. The minimum absolute atomic E-state index is 0.00958. The summed E-state index contributed by atoms with van der Waals surface area (Å²) in [5, 5.41) is 2.11. The van der Waals surface area contributed by atoms with Crippen molar-refractivity contribution in [2.24, 2.45) is 5.73 Å². The smallest absolute Gasteiger partial charge is 0.212 e. The predicted molar refractivity (Wildman–Crippen MR) is 83.3 cm³/mol. The minimum atomic E-state index is -3.53. The number of alkyl halides is 1. The maximum Gasteiger partial charge on any atom is 0.212 e. The lowest BCUT2D eigenvalue weighted by Gasteiger charge is -2.18. The molecule has 2 aromatic rings. The summed E-state index contributed by atoms with van der Waals surface area (Å²) in [7, 11) is -3.53. The van der Waals surface area contributed by atoms with Crippen molar-refractivity contribution in [1.29, 1.82) is 0 Å². The van der Waals surface area contributed by atoms with E-state index in [0.29, 0.717) is 0 Å². The van der Waals surface area contributed by atoms with Crippen molar-refractivity contribution in [3.05, 3.63) is 48.0 Å². The Bertz CT molecular complexity index is 704. The average molecular weight is 310 g/mol. The van der Waals surface area contributed by atoms with E-state index in [1.54, 1.807) is 0 Å². The Morgan fingerprint density at radius 1 is 1.14 bits per heavy atom. The molecule has 0 fully saturated rings. The highest BCUT2D eigenvalue weighted by Gasteiger charge is 2.18. The highest BCUT2D eigenvalue weighted by Crippen LogP contribution is 2.20. The van der Waals surface area contributed by atoms with Crippen molar-refractivity contribution in [1.82, 2.24) is 4.72 Å². The van der Waals surface area contributed by atoms with Crippen molar-refractivity contribution in [2.45, 2.75) is 12.5 Å². The molecule has 21 heavy (non-hydrogen) atoms. The Morgan fingerprint density at radius 2 is 1.86 bits per heavy atom. The molecular formula is C15H19FN2O2S. The third-order valence-corrected chi connectivity index (χ3v) is 4.75. The van der Waals surface area contributed by atoms with E-state index in [-0.39, 0.29) is 18.7 Å². The first-order valence-corrected chi connectivity index (χ1v) is 8.45. The van der Waals surface area contributed by atoms with Crippen LogP contribution in [0, 0.1) is 0 Å². The van der Waals surface area contributed by atoms with Gasteiger partial charge >= 0.3 is 0 Å². The molecule has 0 saturated heterocycles. The molecule has 1 atom stereocenters. The van der Waals surface area contributed by atoms with E-state index in [0.717, 1.165) is 16.3 Å². The zero-order valence-corrected chi connectivity index (χ0v) is 12.4. The van der Waals surface area contributed by atoms with Crippen LogP contribution in [-0.4, -0.2) is 27.4 Å². The van der Waals surface area contributed by atoms with Crippen LogP contribution in [0.15, 0.2) is 42.5 Å². The van der Waals surface area contributed by atoms with Crippen LogP contribution in [0.2, 0.25) is 0 Å². The van der Waals surface area contributed by atoms with E-state index in [1.165, 1.54) is 0 Å². The molecule has 2 aromatic carbocycles. The van der Waals surface area contributed by atoms with E-state index in [2.05, 4.69) is 4.72 Å². The zero-order chi connectivity index (χ0) is 15.3. The third kappa shape index (κ3) is 4.23. The van der Waals surface area contributed by atoms with E-state index in [1.807, 2.05) is 42.5 Å². The maximum atomic E-state index is 12.1. The summed E-state index contributed by atoms with van der Waals surface area (Å²) in [4.78, 5) is 0. The number of nitrogens with two attached hydrogens (primary N) is 1. The highest BCUT2D eigenvalue weighted by molar-refractivity contribution is 7.89. The highest BCUT2D eigenvalue weighted by atomic mass is 32.2. The lowest BCUT2D eigenvalue weighted by molar-refractivity contribution is 0.481. The van der Waals surface area contributed by atoms with Crippen molar-refractivity contribution in [2.75, 3.05) is 19.0 Å². The summed E-state index contributed by atoms with van der Waals surface area (Å²) in [5.74, 6) is -0.229. The van der Waals surface area contributed by atoms with Crippen LogP contribution in [0.25, 0.3) is 10.8 Å². The van der Waals surface area contributed by atoms with Crippen molar-refractivity contribution in [3.8, 4) is 0 Å². The van der Waals surface area contributed by atoms with Gasteiger partial charge in [0.25, 0.3) is 0 Å². The lowest BCUT2D eigenvalue weighted by atomic mass is 10.0. The zero-order valence-electron chi connectivity index (χ0n) is 11.6. The van der Waals surface area contributed by atoms with E-state index in [4.69, 9.17) is 5.73 Å². The quantitative estimate of drug-likeness (QED) is 0.823. The van der Waals surface area contributed by atoms with Crippen LogP contribution < -0.4 is 10.5 Å². The topological polar surface area (TPSA) is 72.2 Å². The van der Waals surface area contributed by atoms with Crippen LogP contribution in [-0.2, 0) is 10.0 Å². The Labute approximate surface area is 124 Å². The molecule has 4 nitrogen and oxygen atoms in total. The number of sulfonamides is 1. The van der Waals surface area contributed by atoms with Gasteiger partial charge in [0.1, 0.15) is 0 Å². The van der Waals surface area contributed by atoms with Gasteiger partial charge in [0.2, 0.25) is 10.0 Å². The van der Waals surface area contributed by atoms with Crippen molar-refractivity contribution < 1.29 is 12.8 Å². The van der Waals surface area contributed by atoms with E-state index in [9.17, 15) is 12.8 Å². The van der Waals surface area contributed by atoms with Gasteiger partial charge in [0.05, 0.1) is 18.5 Å². The van der Waals surface area contributed by atoms with Crippen LogP contribution in [0.4, 0.5) is 4.39 Å². The summed E-state index contributed by atoms with van der Waals surface area (Å²) in [6.07, 6.45) is -0.00958. The molecule has 0 bridgehead atoms. The fourth-order valence-electron chi connectivity index (χ4n) is 2.20. The average Bonchev–Trinajstić information content (AvgIpc) is 2.50. The normalized spacial score (nSPS) is 13.4. The van der Waals surface area contributed by atoms with Crippen LogP contribution in [0.3, 0.4) is 0 Å². The van der Waals surface area contributed by atoms with Gasteiger partial charge in [-0.1, -0.05) is 36.4 Å². The molecule has 0 saturated carbocycles. The molecule has 6 heteroatoms. The summed E-state index contributed by atoms with van der Waals surface area (Å²) in [6.45, 7) is -0.503. The number of rotatable bonds is 7. The largest absolute Gasteiger partial charge is 0.329 e.